The van der Waals surface area contributed by atoms with Crippen molar-refractivity contribution in [2.45, 2.75) is 37.3 Å². The Morgan fingerprint density at radius 1 is 1.06 bits per heavy atom. The number of carbonyl (C=O) groups excluding carboxylic acids is 1. The Hall–Kier alpha value is -2.75. The average molecular weight is 471 g/mol. The van der Waals surface area contributed by atoms with E-state index in [0.717, 1.165) is 24.2 Å². The first-order valence-corrected chi connectivity index (χ1v) is 12.8. The van der Waals surface area contributed by atoms with Gasteiger partial charge in [-0.15, -0.1) is 0 Å². The summed E-state index contributed by atoms with van der Waals surface area (Å²) in [6.07, 6.45) is 2.60. The van der Waals surface area contributed by atoms with Crippen LogP contribution in [0.15, 0.2) is 52.7 Å². The molecule has 0 saturated heterocycles. The molecule has 0 bridgehead atoms. The normalized spacial score (nSPS) is 13.2. The molecule has 0 unspecified atom stereocenters. The first-order chi connectivity index (χ1) is 15.3. The number of carbonyl (C=O) groups is 1. The van der Waals surface area contributed by atoms with E-state index in [1.54, 1.807) is 6.92 Å². The lowest BCUT2D eigenvalue weighted by molar-refractivity contribution is -0.114. The summed E-state index contributed by atoms with van der Waals surface area (Å²) in [5.41, 5.74) is 5.34. The molecule has 0 fully saturated rings. The van der Waals surface area contributed by atoms with Crippen molar-refractivity contribution in [2.75, 3.05) is 23.3 Å². The topological polar surface area (TPSA) is 91.4 Å². The Bertz CT molecular complexity index is 1190. The summed E-state index contributed by atoms with van der Waals surface area (Å²) in [5, 5.41) is 2.83. The molecule has 7 nitrogen and oxygen atoms in total. The van der Waals surface area contributed by atoms with E-state index < -0.39 is 10.0 Å². The zero-order valence-corrected chi connectivity index (χ0v) is 19.7. The van der Waals surface area contributed by atoms with Crippen LogP contribution in [0.2, 0.25) is 0 Å². The van der Waals surface area contributed by atoms with Crippen molar-refractivity contribution >= 4 is 43.8 Å². The molecule has 4 rings (SSSR count). The summed E-state index contributed by atoms with van der Waals surface area (Å²) in [6.45, 7) is 3.98. The Kier molecular flexibility index (Phi) is 6.59. The van der Waals surface area contributed by atoms with Crippen LogP contribution in [0, 0.1) is 6.92 Å². The predicted molar refractivity (Wildman–Crippen MR) is 128 cm³/mol. The van der Waals surface area contributed by atoms with E-state index in [-0.39, 0.29) is 15.2 Å². The molecular formula is C23H26N4O3S2. The lowest BCUT2D eigenvalue weighted by Gasteiger charge is -2.27. The number of para-hydroxylation sites is 2. The summed E-state index contributed by atoms with van der Waals surface area (Å²) < 4.78 is 28.4. The number of aryl methyl sites for hydroxylation is 3. The van der Waals surface area contributed by atoms with E-state index in [4.69, 9.17) is 0 Å². The Balaban J connectivity index is 1.46. The van der Waals surface area contributed by atoms with Crippen LogP contribution in [0.4, 0.5) is 16.5 Å². The Morgan fingerprint density at radius 3 is 2.25 bits per heavy atom. The van der Waals surface area contributed by atoms with Crippen LogP contribution in [0.1, 0.15) is 30.2 Å². The summed E-state index contributed by atoms with van der Waals surface area (Å²) in [7, 11) is -3.70. The van der Waals surface area contributed by atoms with Gasteiger partial charge in [-0.1, -0.05) is 47.7 Å². The second-order valence-electron chi connectivity index (χ2n) is 7.73. The molecule has 1 amide bonds. The van der Waals surface area contributed by atoms with Crippen LogP contribution in [-0.4, -0.2) is 32.4 Å². The monoisotopic (exact) mass is 470 g/mol. The fraction of sp³-hybridized carbons (Fsp3) is 0.304. The van der Waals surface area contributed by atoms with E-state index in [1.165, 1.54) is 29.4 Å². The highest BCUT2D eigenvalue weighted by Gasteiger charge is 2.23. The van der Waals surface area contributed by atoms with Crippen molar-refractivity contribution in [1.82, 2.24) is 9.71 Å². The number of anilines is 3. The van der Waals surface area contributed by atoms with Crippen LogP contribution in [0.5, 0.6) is 0 Å². The lowest BCUT2D eigenvalue weighted by atomic mass is 10.0. The number of thiazole rings is 1. The molecule has 168 valence electrons. The van der Waals surface area contributed by atoms with Gasteiger partial charge in [0.2, 0.25) is 5.91 Å². The third-order valence-electron chi connectivity index (χ3n) is 5.36. The number of fused-ring (bicyclic) bond motifs is 2. The number of hydrogen-bond donors (Lipinski definition) is 2. The number of amides is 1. The molecule has 9 heteroatoms. The molecule has 1 aliphatic heterocycles. The summed E-state index contributed by atoms with van der Waals surface area (Å²) in [4.78, 5) is 17.7. The molecule has 0 spiro atoms. The smallest absolute Gasteiger partial charge is 0.252 e. The fourth-order valence-electron chi connectivity index (χ4n) is 3.96. The summed E-state index contributed by atoms with van der Waals surface area (Å²) in [5.74, 6) is -0.284. The largest absolute Gasteiger partial charge is 0.341 e. The van der Waals surface area contributed by atoms with Gasteiger partial charge in [0, 0.05) is 31.4 Å². The minimum absolute atomic E-state index is 0.131. The third kappa shape index (κ3) is 4.85. The maximum atomic E-state index is 12.8. The van der Waals surface area contributed by atoms with E-state index >= 15 is 0 Å². The van der Waals surface area contributed by atoms with Crippen molar-refractivity contribution in [1.29, 1.82) is 0 Å². The van der Waals surface area contributed by atoms with Gasteiger partial charge in [-0.2, -0.15) is 0 Å². The van der Waals surface area contributed by atoms with E-state index in [2.05, 4.69) is 56.3 Å². The first kappa shape index (κ1) is 22.4. The molecule has 2 heterocycles. The van der Waals surface area contributed by atoms with Crippen molar-refractivity contribution < 1.29 is 13.2 Å². The van der Waals surface area contributed by atoms with Gasteiger partial charge in [0.15, 0.2) is 9.34 Å². The molecule has 3 aromatic rings. The molecule has 1 aliphatic rings. The lowest BCUT2D eigenvalue weighted by Crippen LogP contribution is -2.28. The highest BCUT2D eigenvalue weighted by molar-refractivity contribution is 7.91. The minimum Gasteiger partial charge on any atom is -0.341 e. The van der Waals surface area contributed by atoms with Gasteiger partial charge in [0.05, 0.1) is 5.69 Å². The fourth-order valence-corrected chi connectivity index (χ4v) is 6.53. The molecule has 0 atom stereocenters. The number of benzene rings is 2. The number of sulfonamides is 1. The second kappa shape index (κ2) is 9.40. The van der Waals surface area contributed by atoms with Gasteiger partial charge >= 0.3 is 0 Å². The zero-order chi connectivity index (χ0) is 22.7. The van der Waals surface area contributed by atoms with Gasteiger partial charge < -0.3 is 10.2 Å². The quantitative estimate of drug-likeness (QED) is 0.509. The number of hydrogen-bond acceptors (Lipinski definition) is 6. The summed E-state index contributed by atoms with van der Waals surface area (Å²) >= 11 is 0.961. The maximum Gasteiger partial charge on any atom is 0.252 e. The highest BCUT2D eigenvalue weighted by Crippen LogP contribution is 2.35. The highest BCUT2D eigenvalue weighted by atomic mass is 32.2. The molecule has 2 N–H and O–H groups in total. The number of rotatable bonds is 7. The SMILES string of the molecule is CC(=O)Nc1nc(C)c(S(=O)(=O)NCCCN2c3ccccc3CCc3ccccc32)s1. The molecule has 0 saturated carbocycles. The van der Waals surface area contributed by atoms with Gasteiger partial charge in [0.1, 0.15) is 0 Å². The van der Waals surface area contributed by atoms with Crippen molar-refractivity contribution in [3.05, 3.63) is 65.4 Å². The van der Waals surface area contributed by atoms with Crippen molar-refractivity contribution in [3.63, 3.8) is 0 Å². The molecule has 1 aromatic heterocycles. The zero-order valence-electron chi connectivity index (χ0n) is 18.1. The van der Waals surface area contributed by atoms with E-state index in [1.807, 2.05) is 12.1 Å². The number of aromatic nitrogens is 1. The van der Waals surface area contributed by atoms with E-state index in [9.17, 15) is 13.2 Å². The molecule has 0 aliphatic carbocycles. The van der Waals surface area contributed by atoms with Crippen LogP contribution in [0.25, 0.3) is 0 Å². The second-order valence-corrected chi connectivity index (χ2v) is 10.7. The Labute approximate surface area is 192 Å². The van der Waals surface area contributed by atoms with Gasteiger partial charge in [-0.25, -0.2) is 18.1 Å². The van der Waals surface area contributed by atoms with Gasteiger partial charge in [-0.3, -0.25) is 4.79 Å². The Morgan fingerprint density at radius 2 is 1.66 bits per heavy atom. The molecular weight excluding hydrogens is 444 g/mol. The van der Waals surface area contributed by atoms with Crippen molar-refractivity contribution in [2.24, 2.45) is 0 Å². The third-order valence-corrected chi connectivity index (χ3v) is 8.50. The maximum absolute atomic E-state index is 12.8. The molecule has 2 aromatic carbocycles. The van der Waals surface area contributed by atoms with Crippen LogP contribution < -0.4 is 14.9 Å². The van der Waals surface area contributed by atoms with Crippen LogP contribution in [0.3, 0.4) is 0 Å². The minimum atomic E-state index is -3.70. The average Bonchev–Trinajstić information content (AvgIpc) is 3.05. The first-order valence-electron chi connectivity index (χ1n) is 10.5. The van der Waals surface area contributed by atoms with Crippen molar-refractivity contribution in [3.8, 4) is 0 Å². The van der Waals surface area contributed by atoms with E-state index in [0.29, 0.717) is 25.2 Å². The van der Waals surface area contributed by atoms with Crippen LogP contribution >= 0.6 is 11.3 Å². The summed E-state index contributed by atoms with van der Waals surface area (Å²) in [6, 6.07) is 16.8. The molecule has 32 heavy (non-hydrogen) atoms. The van der Waals surface area contributed by atoms with Gasteiger partial charge in [-0.05, 0) is 49.4 Å². The molecule has 0 radical (unpaired) electrons. The van der Waals surface area contributed by atoms with Crippen LogP contribution in [-0.2, 0) is 27.7 Å². The predicted octanol–water partition coefficient (Wildman–Crippen LogP) is 4.02. The number of nitrogens with zero attached hydrogens (tertiary/aromatic N) is 2. The number of nitrogens with one attached hydrogen (secondary N) is 2. The van der Waals surface area contributed by atoms with Gasteiger partial charge in [0.25, 0.3) is 10.0 Å². The standard InChI is InChI=1S/C23H26N4O3S2/c1-16-22(31-23(25-16)26-17(2)28)32(29,30)24-14-7-15-27-20-10-5-3-8-18(20)12-13-19-9-4-6-11-21(19)27/h3-6,8-11,24H,7,12-15H2,1-2H3,(H,25,26,28).